The molecule has 4 heteroatoms. The fourth-order valence-electron chi connectivity index (χ4n) is 3.22. The number of hydrogen-bond acceptors (Lipinski definition) is 3. The van der Waals surface area contributed by atoms with Gasteiger partial charge >= 0.3 is 0 Å². The predicted molar refractivity (Wildman–Crippen MR) is 77.8 cm³/mol. The van der Waals surface area contributed by atoms with Crippen molar-refractivity contribution >= 4 is 0 Å². The summed E-state index contributed by atoms with van der Waals surface area (Å²) in [4.78, 5) is 0. The van der Waals surface area contributed by atoms with E-state index in [1.807, 2.05) is 0 Å². The summed E-state index contributed by atoms with van der Waals surface area (Å²) in [6, 6.07) is 0. The van der Waals surface area contributed by atoms with E-state index in [0.29, 0.717) is 6.54 Å². The summed E-state index contributed by atoms with van der Waals surface area (Å²) in [7, 11) is 0. The zero-order chi connectivity index (χ0) is 13.9. The average molecular weight is 264 g/mol. The van der Waals surface area contributed by atoms with E-state index < -0.39 is 0 Å². The largest absolute Gasteiger partial charge is 0.324 e. The van der Waals surface area contributed by atoms with Gasteiger partial charge in [-0.1, -0.05) is 38.5 Å². The van der Waals surface area contributed by atoms with Crippen LogP contribution in [0.1, 0.15) is 70.9 Å². The summed E-state index contributed by atoms with van der Waals surface area (Å²) < 4.78 is 2.25. The van der Waals surface area contributed by atoms with E-state index in [9.17, 15) is 0 Å². The maximum atomic E-state index is 5.80. The molecule has 0 bridgehead atoms. The van der Waals surface area contributed by atoms with Crippen LogP contribution < -0.4 is 5.73 Å². The van der Waals surface area contributed by atoms with Crippen molar-refractivity contribution in [3.05, 3.63) is 11.6 Å². The van der Waals surface area contributed by atoms with Gasteiger partial charge in [0.1, 0.15) is 11.6 Å². The van der Waals surface area contributed by atoms with Crippen molar-refractivity contribution < 1.29 is 0 Å². The molecule has 1 heterocycles. The van der Waals surface area contributed by atoms with Crippen molar-refractivity contribution in [1.29, 1.82) is 0 Å². The lowest BCUT2D eigenvalue weighted by atomic mass is 9.95. The van der Waals surface area contributed by atoms with Gasteiger partial charge in [0, 0.05) is 12.0 Å². The van der Waals surface area contributed by atoms with Crippen LogP contribution in [0.3, 0.4) is 0 Å². The molecule has 1 aromatic heterocycles. The molecule has 1 aliphatic rings. The molecule has 0 unspecified atom stereocenters. The molecule has 0 spiro atoms. The van der Waals surface area contributed by atoms with E-state index in [1.54, 1.807) is 0 Å². The Morgan fingerprint density at radius 1 is 1.05 bits per heavy atom. The van der Waals surface area contributed by atoms with Crippen LogP contribution in [0.2, 0.25) is 0 Å². The van der Waals surface area contributed by atoms with E-state index in [1.165, 1.54) is 38.5 Å². The Kier molecular flexibility index (Phi) is 4.61. The first kappa shape index (κ1) is 14.5. The maximum absolute atomic E-state index is 5.80. The third-order valence-corrected chi connectivity index (χ3v) is 4.10. The molecule has 0 amide bonds. The van der Waals surface area contributed by atoms with Gasteiger partial charge < -0.3 is 10.3 Å². The molecule has 0 atom stereocenters. The van der Waals surface area contributed by atoms with Gasteiger partial charge in [-0.2, -0.15) is 0 Å². The van der Waals surface area contributed by atoms with Crippen LogP contribution in [0.25, 0.3) is 0 Å². The Labute approximate surface area is 116 Å². The summed E-state index contributed by atoms with van der Waals surface area (Å²) in [6.45, 7) is 7.07. The first-order valence-corrected chi connectivity index (χ1v) is 7.66. The molecule has 1 saturated carbocycles. The van der Waals surface area contributed by atoms with Gasteiger partial charge in [-0.25, -0.2) is 0 Å². The van der Waals surface area contributed by atoms with Crippen molar-refractivity contribution in [2.24, 2.45) is 11.7 Å². The molecule has 2 rings (SSSR count). The molecular formula is C15H28N4. The molecule has 0 radical (unpaired) electrons. The summed E-state index contributed by atoms with van der Waals surface area (Å²) in [5, 5.41) is 8.69. The van der Waals surface area contributed by atoms with Gasteiger partial charge in [-0.3, -0.25) is 0 Å². The Morgan fingerprint density at radius 2 is 1.63 bits per heavy atom. The topological polar surface area (TPSA) is 56.7 Å². The lowest BCUT2D eigenvalue weighted by molar-refractivity contribution is 0.351. The third-order valence-electron chi connectivity index (χ3n) is 4.10. The highest BCUT2D eigenvalue weighted by Gasteiger charge is 2.24. The summed E-state index contributed by atoms with van der Waals surface area (Å²) in [6.07, 6.45) is 9.29. The molecule has 2 N–H and O–H groups in total. The minimum absolute atomic E-state index is 0.0122. The predicted octanol–water partition coefficient (Wildman–Crippen LogP) is 3.00. The SMILES string of the molecule is CC(C)(C)n1c(CN)nnc1CC1CCCCCC1. The quantitative estimate of drug-likeness (QED) is 0.854. The van der Waals surface area contributed by atoms with Gasteiger partial charge in [-0.15, -0.1) is 10.2 Å². The van der Waals surface area contributed by atoms with Crippen LogP contribution in [-0.4, -0.2) is 14.8 Å². The van der Waals surface area contributed by atoms with Gasteiger partial charge in [0.25, 0.3) is 0 Å². The zero-order valence-electron chi connectivity index (χ0n) is 12.7. The lowest BCUT2D eigenvalue weighted by Crippen LogP contribution is -2.28. The number of nitrogens with two attached hydrogens (primary N) is 1. The molecule has 0 aliphatic heterocycles. The third kappa shape index (κ3) is 3.56. The van der Waals surface area contributed by atoms with E-state index in [2.05, 4.69) is 35.5 Å². The van der Waals surface area contributed by atoms with E-state index in [0.717, 1.165) is 24.0 Å². The first-order chi connectivity index (χ1) is 9.02. The minimum Gasteiger partial charge on any atom is -0.324 e. The van der Waals surface area contributed by atoms with Gasteiger partial charge in [-0.05, 0) is 26.7 Å². The monoisotopic (exact) mass is 264 g/mol. The second kappa shape index (κ2) is 6.04. The Morgan fingerprint density at radius 3 is 2.16 bits per heavy atom. The fraction of sp³-hybridized carbons (Fsp3) is 0.867. The van der Waals surface area contributed by atoms with Crippen molar-refractivity contribution in [3.63, 3.8) is 0 Å². The second-order valence-electron chi connectivity index (χ2n) is 6.80. The molecule has 1 aromatic rings. The molecular weight excluding hydrogens is 236 g/mol. The van der Waals surface area contributed by atoms with Gasteiger partial charge in [0.15, 0.2) is 0 Å². The van der Waals surface area contributed by atoms with Gasteiger partial charge in [0.2, 0.25) is 0 Å². The Balaban J connectivity index is 2.17. The van der Waals surface area contributed by atoms with Crippen LogP contribution in [0.4, 0.5) is 0 Å². The molecule has 108 valence electrons. The standard InChI is InChI=1S/C15H28N4/c1-15(2,3)19-13(17-18-14(19)11-16)10-12-8-6-4-5-7-9-12/h12H,4-11,16H2,1-3H3. The van der Waals surface area contributed by atoms with Crippen molar-refractivity contribution in [3.8, 4) is 0 Å². The van der Waals surface area contributed by atoms with E-state index in [4.69, 9.17) is 5.73 Å². The van der Waals surface area contributed by atoms with Crippen molar-refractivity contribution in [2.45, 2.75) is 77.8 Å². The number of aromatic nitrogens is 3. The highest BCUT2D eigenvalue weighted by atomic mass is 15.3. The maximum Gasteiger partial charge on any atom is 0.147 e. The lowest BCUT2D eigenvalue weighted by Gasteiger charge is -2.26. The zero-order valence-corrected chi connectivity index (χ0v) is 12.7. The van der Waals surface area contributed by atoms with E-state index in [-0.39, 0.29) is 5.54 Å². The average Bonchev–Trinajstić information content (AvgIpc) is 2.58. The van der Waals surface area contributed by atoms with Crippen LogP contribution in [0.5, 0.6) is 0 Å². The van der Waals surface area contributed by atoms with Crippen molar-refractivity contribution in [1.82, 2.24) is 14.8 Å². The highest BCUT2D eigenvalue weighted by Crippen LogP contribution is 2.27. The highest BCUT2D eigenvalue weighted by molar-refractivity contribution is 5.02. The second-order valence-corrected chi connectivity index (χ2v) is 6.80. The summed E-state index contributed by atoms with van der Waals surface area (Å²) >= 11 is 0. The molecule has 1 aliphatic carbocycles. The van der Waals surface area contributed by atoms with Crippen LogP contribution in [-0.2, 0) is 18.5 Å². The number of rotatable bonds is 3. The molecule has 1 fully saturated rings. The normalized spacial score (nSPS) is 18.5. The van der Waals surface area contributed by atoms with Crippen LogP contribution in [0, 0.1) is 5.92 Å². The molecule has 0 aromatic carbocycles. The van der Waals surface area contributed by atoms with E-state index >= 15 is 0 Å². The minimum atomic E-state index is 0.0122. The molecule has 4 nitrogen and oxygen atoms in total. The summed E-state index contributed by atoms with van der Waals surface area (Å²) in [5.74, 6) is 2.81. The Bertz CT molecular complexity index is 395. The smallest absolute Gasteiger partial charge is 0.147 e. The van der Waals surface area contributed by atoms with Crippen LogP contribution >= 0.6 is 0 Å². The summed E-state index contributed by atoms with van der Waals surface area (Å²) in [5.41, 5.74) is 5.81. The van der Waals surface area contributed by atoms with Gasteiger partial charge in [0.05, 0.1) is 6.54 Å². The fourth-order valence-corrected chi connectivity index (χ4v) is 3.22. The van der Waals surface area contributed by atoms with Crippen molar-refractivity contribution in [2.75, 3.05) is 0 Å². The van der Waals surface area contributed by atoms with Crippen LogP contribution in [0.15, 0.2) is 0 Å². The molecule has 0 saturated heterocycles. The first-order valence-electron chi connectivity index (χ1n) is 7.66. The number of nitrogens with zero attached hydrogens (tertiary/aromatic N) is 3. The Hall–Kier alpha value is -0.900. The number of hydrogen-bond donors (Lipinski definition) is 1. The molecule has 19 heavy (non-hydrogen) atoms.